The van der Waals surface area contributed by atoms with E-state index < -0.39 is 0 Å². The molecular weight excluding hydrogens is 60.3 g/mol. The second kappa shape index (κ2) is 3.38. The van der Waals surface area contributed by atoms with Crippen LogP contribution < -0.4 is 0 Å². The molecule has 0 heterocycles. The molecule has 0 aliphatic heterocycles. The van der Waals surface area contributed by atoms with Crippen molar-refractivity contribution in [3.8, 4) is 0 Å². The van der Waals surface area contributed by atoms with Gasteiger partial charge in [-0.1, -0.05) is 0 Å². The van der Waals surface area contributed by atoms with Crippen LogP contribution in [0.15, 0.2) is 12.7 Å². The summed E-state index contributed by atoms with van der Waals surface area (Å²) >= 11 is 1.78. The Labute approximate surface area is 38.4 Å². The summed E-state index contributed by atoms with van der Waals surface area (Å²) in [5.41, 5.74) is 0. The number of hydrogen-bond acceptors (Lipinski definition) is 0. The summed E-state index contributed by atoms with van der Waals surface area (Å²) in [6.45, 7) is 3.43. The van der Waals surface area contributed by atoms with Gasteiger partial charge in [-0.2, -0.15) is 0 Å². The Morgan fingerprint density at radius 3 is 2.00 bits per heavy atom. The molecule has 0 aliphatic rings. The topological polar surface area (TPSA) is 0 Å². The summed E-state index contributed by atoms with van der Waals surface area (Å²) in [7, 11) is 0. The molecule has 18 valence electrons. The standard InChI is InChI=1S/C3H4.Mg/c1-3-2;/h1,3H,2H2;. The monoisotopic (exact) mass is 64.0 g/mol. The molecular formula is C3H4Mg. The van der Waals surface area contributed by atoms with Gasteiger partial charge in [0.1, 0.15) is 0 Å². The van der Waals surface area contributed by atoms with E-state index in [1.54, 1.807) is 27.3 Å². The van der Waals surface area contributed by atoms with Crippen LogP contribution in [0.1, 0.15) is 0 Å². The molecule has 0 bridgehead atoms. The van der Waals surface area contributed by atoms with Crippen molar-refractivity contribution in [1.29, 1.82) is 0 Å². The predicted octanol–water partition coefficient (Wildman–Crippen LogP) is 0.143. The van der Waals surface area contributed by atoms with Crippen molar-refractivity contribution >= 4 is 25.4 Å². The SMILES string of the molecule is C=C[CH]=[Mg]. The summed E-state index contributed by atoms with van der Waals surface area (Å²) in [6.07, 6.45) is 1.76. The van der Waals surface area contributed by atoms with Gasteiger partial charge in [0.2, 0.25) is 0 Å². The van der Waals surface area contributed by atoms with E-state index in [1.165, 1.54) is 0 Å². The van der Waals surface area contributed by atoms with Gasteiger partial charge in [0.25, 0.3) is 0 Å². The maximum atomic E-state index is 3.43. The average Bonchev–Trinajstić information content (AvgIpc) is 1.37. The summed E-state index contributed by atoms with van der Waals surface area (Å²) < 4.78 is 1.92. The van der Waals surface area contributed by atoms with Gasteiger partial charge >= 0.3 is 38.0 Å². The summed E-state index contributed by atoms with van der Waals surface area (Å²) in [4.78, 5) is 0. The van der Waals surface area contributed by atoms with E-state index in [0.29, 0.717) is 0 Å². The zero-order valence-electron chi connectivity index (χ0n) is 2.57. The summed E-state index contributed by atoms with van der Waals surface area (Å²) in [6, 6.07) is 0. The quantitative estimate of drug-likeness (QED) is 0.381. The van der Waals surface area contributed by atoms with Gasteiger partial charge < -0.3 is 0 Å². The van der Waals surface area contributed by atoms with Gasteiger partial charge in [-0.05, 0) is 0 Å². The van der Waals surface area contributed by atoms with E-state index in [0.717, 1.165) is 0 Å². The zero-order valence-corrected chi connectivity index (χ0v) is 3.98. The Balaban J connectivity index is 2.73. The van der Waals surface area contributed by atoms with Crippen LogP contribution in [0.25, 0.3) is 0 Å². The van der Waals surface area contributed by atoms with E-state index in [2.05, 4.69) is 6.58 Å². The molecule has 0 aliphatic carbocycles. The van der Waals surface area contributed by atoms with Crippen molar-refractivity contribution in [2.45, 2.75) is 0 Å². The normalized spacial score (nSPS) is 5.50. The Bertz CT molecular complexity index is 24.3. The first-order valence-electron chi connectivity index (χ1n) is 1.15. The second-order valence-corrected chi connectivity index (χ2v) is 0.943. The maximum absolute atomic E-state index is 3.43. The van der Waals surface area contributed by atoms with Gasteiger partial charge in [-0.3, -0.25) is 0 Å². The fraction of sp³-hybridized carbons (Fsp3) is 0. The molecule has 0 N–H and O–H groups in total. The van der Waals surface area contributed by atoms with E-state index in [4.69, 9.17) is 0 Å². The molecule has 0 nitrogen and oxygen atoms in total. The van der Waals surface area contributed by atoms with Crippen molar-refractivity contribution in [2.24, 2.45) is 0 Å². The van der Waals surface area contributed by atoms with Crippen LogP contribution in [0.3, 0.4) is 0 Å². The third-order valence-corrected chi connectivity index (χ3v) is 0.500. The number of allylic oxidation sites excluding steroid dienone is 1. The van der Waals surface area contributed by atoms with Gasteiger partial charge in [-0.15, -0.1) is 0 Å². The molecule has 0 saturated carbocycles. The Morgan fingerprint density at radius 2 is 2.00 bits per heavy atom. The van der Waals surface area contributed by atoms with Crippen LogP contribution in [0, 0.1) is 0 Å². The predicted molar refractivity (Wildman–Crippen MR) is 22.0 cm³/mol. The molecule has 0 amide bonds. The molecule has 0 aromatic rings. The van der Waals surface area contributed by atoms with Crippen LogP contribution >= 0.6 is 0 Å². The van der Waals surface area contributed by atoms with E-state index in [-0.39, 0.29) is 0 Å². The molecule has 0 saturated heterocycles. The first-order valence-corrected chi connectivity index (χ1v) is 1.97. The van der Waals surface area contributed by atoms with Crippen molar-refractivity contribution < 1.29 is 0 Å². The van der Waals surface area contributed by atoms with Gasteiger partial charge in [0.05, 0.1) is 0 Å². The first kappa shape index (κ1) is 4.38. The van der Waals surface area contributed by atoms with E-state index >= 15 is 0 Å². The molecule has 1 heteroatoms. The van der Waals surface area contributed by atoms with Gasteiger partial charge in [0, 0.05) is 0 Å². The van der Waals surface area contributed by atoms with Gasteiger partial charge in [0.15, 0.2) is 0 Å². The first-order chi connectivity index (χ1) is 1.91. The van der Waals surface area contributed by atoms with E-state index in [9.17, 15) is 0 Å². The zero-order chi connectivity index (χ0) is 3.41. The van der Waals surface area contributed by atoms with E-state index in [1.807, 2.05) is 4.14 Å². The Hall–Kier alpha value is 0.376. The molecule has 0 rings (SSSR count). The van der Waals surface area contributed by atoms with Crippen LogP contribution in [0.2, 0.25) is 0 Å². The average molecular weight is 64.4 g/mol. The van der Waals surface area contributed by atoms with Crippen molar-refractivity contribution in [2.75, 3.05) is 0 Å². The van der Waals surface area contributed by atoms with Crippen LogP contribution in [-0.2, 0) is 0 Å². The molecule has 0 aromatic heterocycles. The summed E-state index contributed by atoms with van der Waals surface area (Å²) in [5.74, 6) is 0. The van der Waals surface area contributed by atoms with Crippen LogP contribution in [0.4, 0.5) is 0 Å². The summed E-state index contributed by atoms with van der Waals surface area (Å²) in [5, 5.41) is 0. The third kappa shape index (κ3) is 2.38. The molecule has 0 atom stereocenters. The molecule has 0 fully saturated rings. The Kier molecular flexibility index (Phi) is 3.69. The molecule has 0 spiro atoms. The third-order valence-electron chi connectivity index (χ3n) is 0.167. The fourth-order valence-corrected chi connectivity index (χ4v) is 0. The van der Waals surface area contributed by atoms with Crippen molar-refractivity contribution in [1.82, 2.24) is 0 Å². The second-order valence-electron chi connectivity index (χ2n) is 0.471. The van der Waals surface area contributed by atoms with Gasteiger partial charge in [-0.25, -0.2) is 0 Å². The van der Waals surface area contributed by atoms with Crippen LogP contribution in [0.5, 0.6) is 0 Å². The minimum absolute atomic E-state index is 1.76. The number of hydrogen-bond donors (Lipinski definition) is 0. The van der Waals surface area contributed by atoms with Crippen LogP contribution in [-0.4, -0.2) is 25.4 Å². The van der Waals surface area contributed by atoms with Crippen molar-refractivity contribution in [3.63, 3.8) is 0 Å². The Morgan fingerprint density at radius 1 is 1.75 bits per heavy atom. The minimum atomic E-state index is 1.76. The molecule has 4 heavy (non-hydrogen) atoms. The number of rotatable bonds is 1. The molecule has 0 radical (unpaired) electrons. The fourth-order valence-electron chi connectivity index (χ4n) is 0. The molecule has 0 aromatic carbocycles. The van der Waals surface area contributed by atoms with Crippen molar-refractivity contribution in [3.05, 3.63) is 12.7 Å². The molecule has 0 unspecified atom stereocenters.